The maximum Gasteiger partial charge on any atom is 0.246 e. The molecule has 2 heterocycles. The SMILES string of the molecule is Cc1noc(C)c1S(=O)(=O)NC[C@](C)(O)c1ccsc1. The van der Waals surface area contributed by atoms with Gasteiger partial charge in [-0.3, -0.25) is 0 Å². The number of aryl methyl sites for hydroxylation is 2. The van der Waals surface area contributed by atoms with Crippen molar-refractivity contribution in [1.29, 1.82) is 0 Å². The maximum absolute atomic E-state index is 12.2. The molecule has 2 N–H and O–H groups in total. The lowest BCUT2D eigenvalue weighted by Crippen LogP contribution is -2.38. The van der Waals surface area contributed by atoms with Crippen molar-refractivity contribution in [2.45, 2.75) is 31.3 Å². The van der Waals surface area contributed by atoms with Crippen LogP contribution in [-0.2, 0) is 15.6 Å². The van der Waals surface area contributed by atoms with Crippen LogP contribution in [0.1, 0.15) is 23.9 Å². The normalized spacial score (nSPS) is 15.2. The fraction of sp³-hybridized carbons (Fsp3) is 0.417. The molecule has 0 aromatic carbocycles. The zero-order chi connectivity index (χ0) is 15.0. The molecule has 0 bridgehead atoms. The first-order valence-corrected chi connectivity index (χ1v) is 8.34. The Hall–Kier alpha value is -1.22. The largest absolute Gasteiger partial charge is 0.384 e. The van der Waals surface area contributed by atoms with E-state index < -0.39 is 15.6 Å². The van der Waals surface area contributed by atoms with Gasteiger partial charge in [0.05, 0.1) is 0 Å². The molecule has 8 heteroatoms. The Bertz CT molecular complexity index is 668. The molecule has 2 rings (SSSR count). The van der Waals surface area contributed by atoms with E-state index in [0.717, 1.165) is 0 Å². The minimum atomic E-state index is -3.77. The van der Waals surface area contributed by atoms with Gasteiger partial charge in [-0.05, 0) is 43.2 Å². The third kappa shape index (κ3) is 2.93. The van der Waals surface area contributed by atoms with E-state index in [1.807, 2.05) is 5.38 Å². The molecule has 20 heavy (non-hydrogen) atoms. The van der Waals surface area contributed by atoms with Gasteiger partial charge in [0.15, 0.2) is 5.76 Å². The quantitative estimate of drug-likeness (QED) is 0.873. The first-order valence-electron chi connectivity index (χ1n) is 5.91. The first-order chi connectivity index (χ1) is 9.24. The highest BCUT2D eigenvalue weighted by Gasteiger charge is 2.29. The van der Waals surface area contributed by atoms with Crippen molar-refractivity contribution in [1.82, 2.24) is 9.88 Å². The zero-order valence-electron chi connectivity index (χ0n) is 11.4. The molecule has 0 spiro atoms. The Kier molecular flexibility index (Phi) is 4.01. The van der Waals surface area contributed by atoms with Crippen molar-refractivity contribution in [3.8, 4) is 0 Å². The van der Waals surface area contributed by atoms with Crippen LogP contribution in [0.15, 0.2) is 26.2 Å². The second kappa shape index (κ2) is 5.28. The van der Waals surface area contributed by atoms with E-state index in [2.05, 4.69) is 9.88 Å². The van der Waals surface area contributed by atoms with Crippen LogP contribution in [0.4, 0.5) is 0 Å². The average molecular weight is 316 g/mol. The minimum absolute atomic E-state index is 0.0265. The summed E-state index contributed by atoms with van der Waals surface area (Å²) in [5, 5.41) is 17.5. The molecule has 1 atom stereocenters. The maximum atomic E-state index is 12.2. The molecule has 0 aliphatic heterocycles. The van der Waals surface area contributed by atoms with Crippen LogP contribution in [0.5, 0.6) is 0 Å². The van der Waals surface area contributed by atoms with E-state index in [1.165, 1.54) is 18.3 Å². The summed E-state index contributed by atoms with van der Waals surface area (Å²) in [4.78, 5) is 0.0265. The molecule has 0 saturated carbocycles. The number of aromatic nitrogens is 1. The van der Waals surface area contributed by atoms with Crippen molar-refractivity contribution < 1.29 is 18.0 Å². The van der Waals surface area contributed by atoms with E-state index in [9.17, 15) is 13.5 Å². The highest BCUT2D eigenvalue weighted by atomic mass is 32.2. The highest BCUT2D eigenvalue weighted by Crippen LogP contribution is 2.24. The standard InChI is InChI=1S/C12H16N2O4S2/c1-8-11(9(2)18-14-8)20(16,17)13-7-12(3,15)10-4-5-19-6-10/h4-6,13,15H,7H2,1-3H3/t12-/m0/s1. The third-order valence-electron chi connectivity index (χ3n) is 2.99. The smallest absolute Gasteiger partial charge is 0.246 e. The van der Waals surface area contributed by atoms with Crippen LogP contribution < -0.4 is 4.72 Å². The van der Waals surface area contributed by atoms with Crippen molar-refractivity contribution in [3.05, 3.63) is 33.8 Å². The number of hydrogen-bond acceptors (Lipinski definition) is 6. The lowest BCUT2D eigenvalue weighted by molar-refractivity contribution is 0.0632. The van der Waals surface area contributed by atoms with Gasteiger partial charge in [-0.2, -0.15) is 11.3 Å². The number of rotatable bonds is 5. The summed E-state index contributed by atoms with van der Waals surface area (Å²) in [5.74, 6) is 0.227. The Morgan fingerprint density at radius 2 is 2.20 bits per heavy atom. The molecule has 0 fully saturated rings. The Labute approximate surface area is 121 Å². The second-order valence-electron chi connectivity index (χ2n) is 4.76. The summed E-state index contributed by atoms with van der Waals surface area (Å²) in [6.07, 6.45) is 0. The van der Waals surface area contributed by atoms with Crippen LogP contribution >= 0.6 is 11.3 Å². The summed E-state index contributed by atoms with van der Waals surface area (Å²) < 4.78 is 31.7. The van der Waals surface area contributed by atoms with Crippen molar-refractivity contribution >= 4 is 21.4 Å². The van der Waals surface area contributed by atoms with Gasteiger partial charge >= 0.3 is 0 Å². The van der Waals surface area contributed by atoms with Gasteiger partial charge in [0.25, 0.3) is 0 Å². The van der Waals surface area contributed by atoms with Gasteiger partial charge in [0, 0.05) is 6.54 Å². The van der Waals surface area contributed by atoms with Crippen molar-refractivity contribution in [2.24, 2.45) is 0 Å². The summed E-state index contributed by atoms with van der Waals surface area (Å²) in [6, 6.07) is 1.76. The summed E-state index contributed by atoms with van der Waals surface area (Å²) >= 11 is 1.44. The number of aliphatic hydroxyl groups is 1. The van der Waals surface area contributed by atoms with E-state index in [1.54, 1.807) is 25.3 Å². The molecular weight excluding hydrogens is 300 g/mol. The number of thiophene rings is 1. The summed E-state index contributed by atoms with van der Waals surface area (Å²) in [7, 11) is -3.77. The van der Waals surface area contributed by atoms with E-state index >= 15 is 0 Å². The Morgan fingerprint density at radius 1 is 1.50 bits per heavy atom. The lowest BCUT2D eigenvalue weighted by atomic mass is 10.0. The highest BCUT2D eigenvalue weighted by molar-refractivity contribution is 7.89. The predicted octanol–water partition coefficient (Wildman–Crippen LogP) is 1.54. The molecule has 0 amide bonds. The topological polar surface area (TPSA) is 92.4 Å². The summed E-state index contributed by atoms with van der Waals surface area (Å²) in [5.41, 5.74) is -0.305. The molecule has 0 aliphatic carbocycles. The van der Waals surface area contributed by atoms with Crippen LogP contribution in [0.25, 0.3) is 0 Å². The zero-order valence-corrected chi connectivity index (χ0v) is 13.0. The van der Waals surface area contributed by atoms with Crippen molar-refractivity contribution in [3.63, 3.8) is 0 Å². The van der Waals surface area contributed by atoms with Gasteiger partial charge in [0.2, 0.25) is 10.0 Å². The number of sulfonamides is 1. The van der Waals surface area contributed by atoms with Gasteiger partial charge in [0.1, 0.15) is 16.2 Å². The fourth-order valence-corrected chi connectivity index (χ4v) is 4.08. The Balaban J connectivity index is 2.19. The van der Waals surface area contributed by atoms with Gasteiger partial charge in [-0.25, -0.2) is 13.1 Å². The molecule has 110 valence electrons. The molecular formula is C12H16N2O4S2. The van der Waals surface area contributed by atoms with Gasteiger partial charge < -0.3 is 9.63 Å². The molecule has 0 radical (unpaired) electrons. The summed E-state index contributed by atoms with van der Waals surface area (Å²) in [6.45, 7) is 4.52. The van der Waals surface area contributed by atoms with Gasteiger partial charge in [-0.15, -0.1) is 0 Å². The van der Waals surface area contributed by atoms with Gasteiger partial charge in [-0.1, -0.05) is 5.16 Å². The number of nitrogens with one attached hydrogen (secondary N) is 1. The van der Waals surface area contributed by atoms with Crippen LogP contribution in [-0.4, -0.2) is 25.2 Å². The first kappa shape index (κ1) is 15.2. The molecule has 0 unspecified atom stereocenters. The van der Waals surface area contributed by atoms with Crippen LogP contribution in [0.3, 0.4) is 0 Å². The lowest BCUT2D eigenvalue weighted by Gasteiger charge is -2.22. The number of nitrogens with zero attached hydrogens (tertiary/aromatic N) is 1. The number of hydrogen-bond donors (Lipinski definition) is 2. The minimum Gasteiger partial charge on any atom is -0.384 e. The average Bonchev–Trinajstić information content (AvgIpc) is 2.98. The fourth-order valence-electron chi connectivity index (χ4n) is 1.84. The van der Waals surface area contributed by atoms with E-state index in [4.69, 9.17) is 4.52 Å². The molecule has 2 aromatic rings. The van der Waals surface area contributed by atoms with E-state index in [0.29, 0.717) is 11.3 Å². The van der Waals surface area contributed by atoms with Crippen molar-refractivity contribution in [2.75, 3.05) is 6.54 Å². The predicted molar refractivity (Wildman–Crippen MR) is 75.1 cm³/mol. The molecule has 6 nitrogen and oxygen atoms in total. The second-order valence-corrected chi connectivity index (χ2v) is 7.25. The third-order valence-corrected chi connectivity index (χ3v) is 5.31. The van der Waals surface area contributed by atoms with Crippen LogP contribution in [0, 0.1) is 13.8 Å². The monoisotopic (exact) mass is 316 g/mol. The Morgan fingerprint density at radius 3 is 2.70 bits per heavy atom. The molecule has 0 saturated heterocycles. The van der Waals surface area contributed by atoms with E-state index in [-0.39, 0.29) is 17.2 Å². The molecule has 0 aliphatic rings. The van der Waals surface area contributed by atoms with Crippen LogP contribution in [0.2, 0.25) is 0 Å². The molecule has 2 aromatic heterocycles.